The van der Waals surface area contributed by atoms with Crippen molar-refractivity contribution in [2.24, 2.45) is 16.6 Å². The van der Waals surface area contributed by atoms with Crippen LogP contribution in [0.3, 0.4) is 0 Å². The molecule has 6 heteroatoms. The molecule has 0 radical (unpaired) electrons. The lowest BCUT2D eigenvalue weighted by Gasteiger charge is -2.34. The molecule has 2 aliphatic rings. The van der Waals surface area contributed by atoms with Crippen LogP contribution in [0.25, 0.3) is 0 Å². The highest BCUT2D eigenvalue weighted by Gasteiger charge is 2.36. The number of hydrogen-bond donors (Lipinski definition) is 2. The highest BCUT2D eigenvalue weighted by molar-refractivity contribution is 6.04. The van der Waals surface area contributed by atoms with E-state index in [-0.39, 0.29) is 23.8 Å². The number of hydrogen-bond acceptors (Lipinski definition) is 4. The Morgan fingerprint density at radius 2 is 1.90 bits per heavy atom. The molecule has 31 heavy (non-hydrogen) atoms. The molecule has 1 unspecified atom stereocenters. The maximum atomic E-state index is 13.2. The van der Waals surface area contributed by atoms with E-state index in [0.29, 0.717) is 6.42 Å². The van der Waals surface area contributed by atoms with Gasteiger partial charge in [0.1, 0.15) is 6.04 Å². The number of para-hydroxylation sites is 1. The van der Waals surface area contributed by atoms with Crippen LogP contribution in [0.4, 0.5) is 5.69 Å². The predicted octanol–water partition coefficient (Wildman–Crippen LogP) is 2.70. The molecular weight excluding hydrogens is 388 g/mol. The van der Waals surface area contributed by atoms with E-state index in [1.807, 2.05) is 67.9 Å². The van der Waals surface area contributed by atoms with Gasteiger partial charge in [-0.05, 0) is 43.2 Å². The SMILES string of the molecule is CN1C(=O)[C@@H](C2CCC[C@H](NC(=O)[C@H](N)Cc3ccccc3)C2)N=Cc2ccccc21. The third kappa shape index (κ3) is 4.85. The third-order valence-electron chi connectivity index (χ3n) is 6.40. The van der Waals surface area contributed by atoms with Gasteiger partial charge >= 0.3 is 0 Å². The van der Waals surface area contributed by atoms with Crippen molar-refractivity contribution < 1.29 is 9.59 Å². The zero-order chi connectivity index (χ0) is 21.8. The number of fused-ring (bicyclic) bond motifs is 1. The van der Waals surface area contributed by atoms with Gasteiger partial charge in [-0.15, -0.1) is 0 Å². The second kappa shape index (κ2) is 9.43. The third-order valence-corrected chi connectivity index (χ3v) is 6.40. The van der Waals surface area contributed by atoms with Gasteiger partial charge in [-0.2, -0.15) is 0 Å². The number of nitrogens with zero attached hydrogens (tertiary/aromatic N) is 2. The van der Waals surface area contributed by atoms with E-state index in [2.05, 4.69) is 10.3 Å². The van der Waals surface area contributed by atoms with Gasteiger partial charge in [0.05, 0.1) is 11.7 Å². The molecule has 1 fully saturated rings. The number of benzene rings is 2. The normalized spacial score (nSPS) is 24.3. The number of nitrogens with two attached hydrogens (primary N) is 1. The zero-order valence-electron chi connectivity index (χ0n) is 17.9. The molecule has 0 saturated heterocycles. The van der Waals surface area contributed by atoms with Crippen molar-refractivity contribution >= 4 is 23.7 Å². The number of aliphatic imine (C=N–C) groups is 1. The van der Waals surface area contributed by atoms with E-state index in [0.717, 1.165) is 42.5 Å². The standard InChI is InChI=1S/C25H30N4O2/c1-29-22-13-6-5-10-19(22)16-27-23(25(29)31)18-11-7-12-20(15-18)28-24(30)21(26)14-17-8-3-2-4-9-17/h2-6,8-10,13,16,18,20-21,23H,7,11-12,14-15,26H2,1H3,(H,28,30)/t18?,20-,21+,23+/m0/s1. The first-order chi connectivity index (χ1) is 15.0. The van der Waals surface area contributed by atoms with Gasteiger partial charge in [-0.1, -0.05) is 55.0 Å². The number of anilines is 1. The van der Waals surface area contributed by atoms with Crippen LogP contribution in [-0.4, -0.2) is 43.2 Å². The number of amides is 2. The summed E-state index contributed by atoms with van der Waals surface area (Å²) in [6, 6.07) is 16.6. The van der Waals surface area contributed by atoms with Gasteiger partial charge in [0.15, 0.2) is 0 Å². The summed E-state index contributed by atoms with van der Waals surface area (Å²) in [5.41, 5.74) is 9.04. The van der Waals surface area contributed by atoms with Crippen molar-refractivity contribution in [3.63, 3.8) is 0 Å². The average Bonchev–Trinajstić information content (AvgIpc) is 2.91. The van der Waals surface area contributed by atoms with Crippen molar-refractivity contribution in [3.8, 4) is 0 Å². The lowest BCUT2D eigenvalue weighted by molar-refractivity contribution is -0.123. The first-order valence-corrected chi connectivity index (χ1v) is 11.0. The van der Waals surface area contributed by atoms with Gasteiger partial charge in [-0.3, -0.25) is 14.6 Å². The lowest BCUT2D eigenvalue weighted by Crippen LogP contribution is -2.49. The van der Waals surface area contributed by atoms with Gasteiger partial charge in [-0.25, -0.2) is 0 Å². The minimum absolute atomic E-state index is 0.0129. The smallest absolute Gasteiger partial charge is 0.251 e. The molecule has 0 bridgehead atoms. The molecule has 1 aliphatic carbocycles. The number of benzodiazepines with no additional fused rings is 1. The minimum Gasteiger partial charge on any atom is -0.352 e. The summed E-state index contributed by atoms with van der Waals surface area (Å²) < 4.78 is 0. The molecule has 2 aromatic rings. The number of rotatable bonds is 5. The summed E-state index contributed by atoms with van der Waals surface area (Å²) in [4.78, 5) is 32.2. The van der Waals surface area contributed by atoms with Gasteiger partial charge in [0.2, 0.25) is 5.91 Å². The van der Waals surface area contributed by atoms with Crippen LogP contribution in [0, 0.1) is 5.92 Å². The fourth-order valence-corrected chi connectivity index (χ4v) is 4.68. The van der Waals surface area contributed by atoms with Crippen LogP contribution in [0.5, 0.6) is 0 Å². The Morgan fingerprint density at radius 3 is 2.71 bits per heavy atom. The number of carbonyl (C=O) groups is 2. The molecule has 162 valence electrons. The summed E-state index contributed by atoms with van der Waals surface area (Å²) in [5, 5.41) is 3.13. The number of carbonyl (C=O) groups excluding carboxylic acids is 2. The monoisotopic (exact) mass is 418 g/mol. The zero-order valence-corrected chi connectivity index (χ0v) is 17.9. The fraction of sp³-hybridized carbons (Fsp3) is 0.400. The quantitative estimate of drug-likeness (QED) is 0.783. The van der Waals surface area contributed by atoms with Crippen molar-refractivity contribution in [2.45, 2.75) is 50.2 Å². The fourth-order valence-electron chi connectivity index (χ4n) is 4.68. The van der Waals surface area contributed by atoms with Crippen LogP contribution >= 0.6 is 0 Å². The Kier molecular flexibility index (Phi) is 6.47. The van der Waals surface area contributed by atoms with Crippen LogP contribution in [0.15, 0.2) is 59.6 Å². The first kappa shape index (κ1) is 21.2. The highest BCUT2D eigenvalue weighted by atomic mass is 16.2. The average molecular weight is 419 g/mol. The lowest BCUT2D eigenvalue weighted by atomic mass is 9.80. The molecule has 1 heterocycles. The van der Waals surface area contributed by atoms with Crippen molar-refractivity contribution in [2.75, 3.05) is 11.9 Å². The maximum absolute atomic E-state index is 13.2. The Bertz CT molecular complexity index is 959. The van der Waals surface area contributed by atoms with E-state index in [4.69, 9.17) is 5.73 Å². The van der Waals surface area contributed by atoms with Crippen LogP contribution in [-0.2, 0) is 16.0 Å². The molecule has 0 aromatic heterocycles. The van der Waals surface area contributed by atoms with Gasteiger partial charge < -0.3 is 16.0 Å². The van der Waals surface area contributed by atoms with Crippen LogP contribution in [0.2, 0.25) is 0 Å². The summed E-state index contributed by atoms with van der Waals surface area (Å²) in [6.45, 7) is 0. The highest BCUT2D eigenvalue weighted by Crippen LogP contribution is 2.32. The number of likely N-dealkylation sites (N-methyl/N-ethyl adjacent to an activating group) is 1. The molecule has 4 rings (SSSR count). The van der Waals surface area contributed by atoms with E-state index in [1.54, 1.807) is 4.90 Å². The topological polar surface area (TPSA) is 87.8 Å². The number of nitrogens with one attached hydrogen (secondary N) is 1. The second-order valence-corrected chi connectivity index (χ2v) is 8.61. The summed E-state index contributed by atoms with van der Waals surface area (Å²) in [6.07, 6.45) is 5.86. The van der Waals surface area contributed by atoms with Crippen molar-refractivity contribution in [3.05, 3.63) is 65.7 Å². The second-order valence-electron chi connectivity index (χ2n) is 8.61. The Balaban J connectivity index is 1.39. The van der Waals surface area contributed by atoms with E-state index >= 15 is 0 Å². The molecular formula is C25H30N4O2. The van der Waals surface area contributed by atoms with Crippen molar-refractivity contribution in [1.82, 2.24) is 5.32 Å². The Morgan fingerprint density at radius 1 is 1.16 bits per heavy atom. The summed E-state index contributed by atoms with van der Waals surface area (Å²) in [7, 11) is 1.81. The predicted molar refractivity (Wildman–Crippen MR) is 123 cm³/mol. The maximum Gasteiger partial charge on any atom is 0.251 e. The van der Waals surface area contributed by atoms with E-state index < -0.39 is 12.1 Å². The molecule has 0 spiro atoms. The largest absolute Gasteiger partial charge is 0.352 e. The molecule has 3 N–H and O–H groups in total. The Hall–Kier alpha value is -2.99. The van der Waals surface area contributed by atoms with Crippen molar-refractivity contribution in [1.29, 1.82) is 0 Å². The van der Waals surface area contributed by atoms with Gasteiger partial charge in [0, 0.05) is 24.9 Å². The summed E-state index contributed by atoms with van der Waals surface area (Å²) >= 11 is 0. The first-order valence-electron chi connectivity index (χ1n) is 11.0. The molecule has 1 aliphatic heterocycles. The summed E-state index contributed by atoms with van der Waals surface area (Å²) in [5.74, 6) is -0.0152. The molecule has 6 nitrogen and oxygen atoms in total. The van der Waals surface area contributed by atoms with Crippen LogP contribution < -0.4 is 16.0 Å². The Labute approximate surface area is 183 Å². The van der Waals surface area contributed by atoms with Crippen LogP contribution in [0.1, 0.15) is 36.8 Å². The molecule has 1 saturated carbocycles. The van der Waals surface area contributed by atoms with Gasteiger partial charge in [0.25, 0.3) is 5.91 Å². The molecule has 2 aromatic carbocycles. The molecule has 2 amide bonds. The molecule has 4 atom stereocenters. The minimum atomic E-state index is -0.582. The van der Waals surface area contributed by atoms with E-state index in [1.165, 1.54) is 0 Å². The van der Waals surface area contributed by atoms with E-state index in [9.17, 15) is 9.59 Å².